The smallest absolute Gasteiger partial charge is 0.359 e. The zero-order valence-electron chi connectivity index (χ0n) is 10.1. The van der Waals surface area contributed by atoms with E-state index in [1.165, 1.54) is 18.7 Å². The van der Waals surface area contributed by atoms with Crippen LogP contribution < -0.4 is 5.48 Å². The summed E-state index contributed by atoms with van der Waals surface area (Å²) in [5, 5.41) is 9.28. The number of hydroxylamine groups is 1. The molecule has 0 amide bonds. The molecule has 0 spiro atoms. The first-order valence-corrected chi connectivity index (χ1v) is 5.69. The van der Waals surface area contributed by atoms with Crippen LogP contribution in [-0.4, -0.2) is 27.7 Å². The van der Waals surface area contributed by atoms with Gasteiger partial charge in [0.2, 0.25) is 0 Å². The summed E-state index contributed by atoms with van der Waals surface area (Å²) >= 11 is 0. The first-order chi connectivity index (χ1) is 9.31. The predicted molar refractivity (Wildman–Crippen MR) is 66.9 cm³/mol. The Labute approximate surface area is 110 Å². The topological polar surface area (TPSA) is 84.3 Å². The zero-order chi connectivity index (χ0) is 13.5. The third-order valence-electron chi connectivity index (χ3n) is 2.47. The molecule has 0 radical (unpaired) electrons. The fourth-order valence-electron chi connectivity index (χ4n) is 1.48. The lowest BCUT2D eigenvalue weighted by Gasteiger charge is -2.15. The summed E-state index contributed by atoms with van der Waals surface area (Å²) in [4.78, 5) is 24.0. The molecule has 0 aliphatic carbocycles. The maximum absolute atomic E-state index is 11.7. The molecule has 1 atom stereocenters. The van der Waals surface area contributed by atoms with Crippen LogP contribution >= 0.6 is 0 Å². The Hall–Kier alpha value is -2.31. The van der Waals surface area contributed by atoms with E-state index in [9.17, 15) is 9.90 Å². The van der Waals surface area contributed by atoms with E-state index in [1.54, 1.807) is 0 Å². The summed E-state index contributed by atoms with van der Waals surface area (Å²) in [7, 11) is 0. The van der Waals surface area contributed by atoms with Crippen molar-refractivity contribution in [3.05, 3.63) is 60.2 Å². The minimum atomic E-state index is -0.602. The van der Waals surface area contributed by atoms with Gasteiger partial charge in [-0.2, -0.15) is 0 Å². The van der Waals surface area contributed by atoms with Gasteiger partial charge in [0.15, 0.2) is 0 Å². The normalized spacial score (nSPS) is 11.8. The van der Waals surface area contributed by atoms with E-state index >= 15 is 0 Å². The Morgan fingerprint density at radius 2 is 1.95 bits per heavy atom. The maximum Gasteiger partial charge on any atom is 0.359 e. The second-order valence-electron chi connectivity index (χ2n) is 3.78. The van der Waals surface area contributed by atoms with Crippen molar-refractivity contribution in [1.29, 1.82) is 0 Å². The Kier molecular flexibility index (Phi) is 4.54. The summed E-state index contributed by atoms with van der Waals surface area (Å²) in [5.41, 5.74) is 3.59. The number of aromatic nitrogens is 2. The molecule has 0 saturated heterocycles. The van der Waals surface area contributed by atoms with Gasteiger partial charge in [0.05, 0.1) is 18.2 Å². The van der Waals surface area contributed by atoms with Crippen molar-refractivity contribution in [1.82, 2.24) is 15.4 Å². The second-order valence-corrected chi connectivity index (χ2v) is 3.78. The molecule has 98 valence electrons. The van der Waals surface area contributed by atoms with Gasteiger partial charge in [-0.25, -0.2) is 14.8 Å². The fraction of sp³-hybridized carbons (Fsp3) is 0.154. The molecule has 0 aliphatic rings. The molecule has 1 aromatic carbocycles. The number of benzene rings is 1. The lowest BCUT2D eigenvalue weighted by atomic mass is 10.1. The molecular formula is C13H13N3O3. The molecule has 1 aromatic heterocycles. The third-order valence-corrected chi connectivity index (χ3v) is 2.47. The second kappa shape index (κ2) is 6.58. The van der Waals surface area contributed by atoms with Gasteiger partial charge in [-0.3, -0.25) is 0 Å². The predicted octanol–water partition coefficient (Wildman–Crippen LogP) is 0.872. The van der Waals surface area contributed by atoms with Crippen molar-refractivity contribution in [2.45, 2.75) is 6.04 Å². The van der Waals surface area contributed by atoms with Crippen LogP contribution in [-0.2, 0) is 4.84 Å². The lowest BCUT2D eigenvalue weighted by Crippen LogP contribution is -2.27. The van der Waals surface area contributed by atoms with Crippen LogP contribution in [0.1, 0.15) is 22.0 Å². The van der Waals surface area contributed by atoms with Gasteiger partial charge in [-0.05, 0) is 5.56 Å². The molecule has 19 heavy (non-hydrogen) atoms. The van der Waals surface area contributed by atoms with E-state index in [1.807, 2.05) is 30.3 Å². The molecule has 0 aliphatic heterocycles. The van der Waals surface area contributed by atoms with E-state index in [0.717, 1.165) is 5.56 Å². The van der Waals surface area contributed by atoms with Gasteiger partial charge in [-0.15, -0.1) is 5.48 Å². The van der Waals surface area contributed by atoms with Gasteiger partial charge in [0, 0.05) is 12.4 Å². The Balaban J connectivity index is 1.96. The molecular weight excluding hydrogens is 246 g/mol. The molecule has 1 heterocycles. The van der Waals surface area contributed by atoms with Crippen LogP contribution in [0.5, 0.6) is 0 Å². The number of rotatable bonds is 5. The molecule has 0 fully saturated rings. The highest BCUT2D eigenvalue weighted by atomic mass is 16.7. The van der Waals surface area contributed by atoms with Crippen LogP contribution in [0.25, 0.3) is 0 Å². The quantitative estimate of drug-likeness (QED) is 0.775. The van der Waals surface area contributed by atoms with Crippen molar-refractivity contribution in [2.24, 2.45) is 0 Å². The number of nitrogens with one attached hydrogen (secondary N) is 1. The van der Waals surface area contributed by atoms with Crippen LogP contribution in [0.4, 0.5) is 0 Å². The van der Waals surface area contributed by atoms with Crippen molar-refractivity contribution >= 4 is 5.97 Å². The zero-order valence-corrected chi connectivity index (χ0v) is 10.1. The van der Waals surface area contributed by atoms with Gasteiger partial charge < -0.3 is 9.94 Å². The molecule has 2 rings (SSSR count). The van der Waals surface area contributed by atoms with Crippen LogP contribution in [0.3, 0.4) is 0 Å². The number of hydrogen-bond acceptors (Lipinski definition) is 6. The molecule has 0 saturated carbocycles. The first-order valence-electron chi connectivity index (χ1n) is 5.69. The maximum atomic E-state index is 11.7. The van der Waals surface area contributed by atoms with Gasteiger partial charge in [0.25, 0.3) is 0 Å². The molecule has 0 bridgehead atoms. The van der Waals surface area contributed by atoms with Gasteiger partial charge >= 0.3 is 5.97 Å². The summed E-state index contributed by atoms with van der Waals surface area (Å²) in [6.45, 7) is -0.192. The number of aliphatic hydroxyl groups excluding tert-OH is 1. The summed E-state index contributed by atoms with van der Waals surface area (Å²) in [6, 6.07) is 8.72. The molecule has 2 N–H and O–H groups in total. The number of hydrogen-bond donors (Lipinski definition) is 2. The van der Waals surface area contributed by atoms with Crippen molar-refractivity contribution in [2.75, 3.05) is 6.61 Å². The minimum Gasteiger partial charge on any atom is -0.394 e. The molecule has 1 unspecified atom stereocenters. The number of aliphatic hydroxyl groups is 1. The van der Waals surface area contributed by atoms with E-state index in [-0.39, 0.29) is 12.2 Å². The highest BCUT2D eigenvalue weighted by Crippen LogP contribution is 2.11. The Bertz CT molecular complexity index is 519. The largest absolute Gasteiger partial charge is 0.394 e. The monoisotopic (exact) mass is 259 g/mol. The summed E-state index contributed by atoms with van der Waals surface area (Å²) in [6.07, 6.45) is 4.03. The van der Waals surface area contributed by atoms with Crippen molar-refractivity contribution in [3.63, 3.8) is 0 Å². The SMILES string of the molecule is O=C(ONC(CO)c1ccccc1)c1cncnc1. The summed E-state index contributed by atoms with van der Waals surface area (Å²) < 4.78 is 0. The summed E-state index contributed by atoms with van der Waals surface area (Å²) in [5.74, 6) is -0.602. The third kappa shape index (κ3) is 3.57. The van der Waals surface area contributed by atoms with E-state index in [4.69, 9.17) is 4.84 Å². The van der Waals surface area contributed by atoms with Gasteiger partial charge in [0.1, 0.15) is 6.33 Å². The fourth-order valence-corrected chi connectivity index (χ4v) is 1.48. The molecule has 6 heteroatoms. The van der Waals surface area contributed by atoms with E-state index < -0.39 is 12.0 Å². The minimum absolute atomic E-state index is 0.192. The number of nitrogens with zero attached hydrogens (tertiary/aromatic N) is 2. The standard InChI is InChI=1S/C13H13N3O3/c17-8-12(10-4-2-1-3-5-10)16-19-13(18)11-6-14-9-15-7-11/h1-7,9,12,16-17H,8H2. The Morgan fingerprint density at radius 1 is 1.26 bits per heavy atom. The molecule has 6 nitrogen and oxygen atoms in total. The number of carbonyl (C=O) groups excluding carboxylic acids is 1. The highest BCUT2D eigenvalue weighted by molar-refractivity contribution is 5.88. The van der Waals surface area contributed by atoms with Crippen molar-refractivity contribution < 1.29 is 14.7 Å². The average molecular weight is 259 g/mol. The number of carbonyl (C=O) groups is 1. The van der Waals surface area contributed by atoms with Crippen LogP contribution in [0, 0.1) is 0 Å². The average Bonchev–Trinajstić information content (AvgIpc) is 2.49. The Morgan fingerprint density at radius 3 is 2.58 bits per heavy atom. The molecule has 2 aromatic rings. The van der Waals surface area contributed by atoms with Crippen LogP contribution in [0.2, 0.25) is 0 Å². The van der Waals surface area contributed by atoms with Crippen LogP contribution in [0.15, 0.2) is 49.1 Å². The van der Waals surface area contributed by atoms with E-state index in [0.29, 0.717) is 0 Å². The first kappa shape index (κ1) is 13.1. The van der Waals surface area contributed by atoms with Gasteiger partial charge in [-0.1, -0.05) is 30.3 Å². The van der Waals surface area contributed by atoms with Crippen molar-refractivity contribution in [3.8, 4) is 0 Å². The van der Waals surface area contributed by atoms with E-state index in [2.05, 4.69) is 15.4 Å². The lowest BCUT2D eigenvalue weighted by molar-refractivity contribution is 0.00816. The highest BCUT2D eigenvalue weighted by Gasteiger charge is 2.14.